The van der Waals surface area contributed by atoms with Crippen LogP contribution in [0, 0.1) is 23.2 Å². The van der Waals surface area contributed by atoms with E-state index in [1.165, 1.54) is 38.5 Å². The highest BCUT2D eigenvalue weighted by Crippen LogP contribution is 2.59. The minimum Gasteiger partial charge on any atom is -0.368 e. The maximum absolute atomic E-state index is 13.2. The Morgan fingerprint density at radius 2 is 1.76 bits per heavy atom. The second-order valence-corrected chi connectivity index (χ2v) is 10.5. The fourth-order valence-electron chi connectivity index (χ4n) is 6.65. The van der Waals surface area contributed by atoms with Crippen molar-refractivity contribution >= 4 is 34.2 Å². The van der Waals surface area contributed by atoms with Crippen molar-refractivity contribution in [2.75, 3.05) is 11.9 Å². The predicted molar refractivity (Wildman–Crippen MR) is 118 cm³/mol. The lowest BCUT2D eigenvalue weighted by Crippen LogP contribution is -2.51. The lowest BCUT2D eigenvalue weighted by Gasteiger charge is -2.56. The number of carbonyl (C=O) groups excluding carboxylic acids is 1. The molecule has 2 aromatic rings. The van der Waals surface area contributed by atoms with Gasteiger partial charge in [0.15, 0.2) is 0 Å². The molecule has 0 aliphatic heterocycles. The number of benzene rings is 1. The number of rotatable bonds is 5. The Morgan fingerprint density at radius 1 is 1.10 bits per heavy atom. The van der Waals surface area contributed by atoms with Gasteiger partial charge in [0.1, 0.15) is 5.82 Å². The van der Waals surface area contributed by atoms with Gasteiger partial charge in [-0.15, -0.1) is 0 Å². The van der Waals surface area contributed by atoms with E-state index < -0.39 is 0 Å². The Morgan fingerprint density at radius 3 is 2.38 bits per heavy atom. The molecule has 0 spiro atoms. The number of carbonyl (C=O) groups is 1. The van der Waals surface area contributed by atoms with E-state index in [1.807, 2.05) is 18.2 Å². The van der Waals surface area contributed by atoms with E-state index in [1.54, 1.807) is 6.07 Å². The summed E-state index contributed by atoms with van der Waals surface area (Å²) in [6.07, 6.45) is 8.11. The highest BCUT2D eigenvalue weighted by atomic mass is 35.5. The summed E-state index contributed by atoms with van der Waals surface area (Å²) in [6.45, 7) is 4.94. The Balaban J connectivity index is 1.37. The number of halogens is 1. The molecule has 5 heteroatoms. The third-order valence-corrected chi connectivity index (χ3v) is 7.59. The smallest absolute Gasteiger partial charge is 0.253 e. The summed E-state index contributed by atoms with van der Waals surface area (Å²) in [5.41, 5.74) is 1.66. The number of hydrogen-bond donors (Lipinski definition) is 2. The second-order valence-electron chi connectivity index (χ2n) is 10.1. The second kappa shape index (κ2) is 7.16. The van der Waals surface area contributed by atoms with E-state index in [0.29, 0.717) is 22.0 Å². The molecule has 4 saturated carbocycles. The zero-order valence-corrected chi connectivity index (χ0v) is 18.1. The molecule has 0 atom stereocenters. The average molecular weight is 412 g/mol. The quantitative estimate of drug-likeness (QED) is 0.667. The van der Waals surface area contributed by atoms with Crippen LogP contribution in [0.5, 0.6) is 0 Å². The molecule has 154 valence electrons. The van der Waals surface area contributed by atoms with E-state index in [9.17, 15) is 4.79 Å². The first-order valence-corrected chi connectivity index (χ1v) is 11.4. The van der Waals surface area contributed by atoms with Crippen LogP contribution in [0.2, 0.25) is 5.02 Å². The number of amides is 1. The fraction of sp³-hybridized carbons (Fsp3) is 0.583. The average Bonchev–Trinajstić information content (AvgIpc) is 2.65. The van der Waals surface area contributed by atoms with Crippen molar-refractivity contribution in [1.82, 2.24) is 10.3 Å². The Hall–Kier alpha value is -1.81. The highest BCUT2D eigenvalue weighted by molar-refractivity contribution is 6.35. The molecule has 4 aliphatic rings. The third kappa shape index (κ3) is 3.61. The van der Waals surface area contributed by atoms with E-state index in [2.05, 4.69) is 29.5 Å². The number of nitrogens with one attached hydrogen (secondary N) is 2. The van der Waals surface area contributed by atoms with Gasteiger partial charge in [0.25, 0.3) is 5.91 Å². The van der Waals surface area contributed by atoms with Crippen molar-refractivity contribution in [3.63, 3.8) is 0 Å². The molecule has 4 aliphatic carbocycles. The molecule has 0 saturated heterocycles. The van der Waals surface area contributed by atoms with Gasteiger partial charge in [0, 0.05) is 18.0 Å². The van der Waals surface area contributed by atoms with Gasteiger partial charge >= 0.3 is 0 Å². The van der Waals surface area contributed by atoms with Crippen molar-refractivity contribution in [2.45, 2.75) is 58.4 Å². The summed E-state index contributed by atoms with van der Waals surface area (Å²) in [5, 5.41) is 7.89. The van der Waals surface area contributed by atoms with Crippen LogP contribution in [0.4, 0.5) is 5.82 Å². The summed E-state index contributed by atoms with van der Waals surface area (Å²) in [4.78, 5) is 17.9. The van der Waals surface area contributed by atoms with Gasteiger partial charge in [-0.2, -0.15) is 0 Å². The Bertz CT molecular complexity index is 919. The molecule has 2 N–H and O–H groups in total. The number of aromatic nitrogens is 1. The maximum Gasteiger partial charge on any atom is 0.253 e. The number of fused-ring (bicyclic) bond motifs is 1. The molecule has 4 bridgehead atoms. The number of hydrogen-bond acceptors (Lipinski definition) is 3. The van der Waals surface area contributed by atoms with Crippen LogP contribution in [0.1, 0.15) is 62.7 Å². The summed E-state index contributed by atoms with van der Waals surface area (Å²) in [5.74, 6) is 3.40. The molecule has 0 radical (unpaired) electrons. The Kier molecular flexibility index (Phi) is 4.73. The van der Waals surface area contributed by atoms with Gasteiger partial charge in [-0.05, 0) is 99.8 Å². The third-order valence-electron chi connectivity index (χ3n) is 7.27. The van der Waals surface area contributed by atoms with Gasteiger partial charge < -0.3 is 10.6 Å². The maximum atomic E-state index is 13.2. The summed E-state index contributed by atoms with van der Waals surface area (Å²) < 4.78 is 0. The molecule has 6 rings (SSSR count). The first kappa shape index (κ1) is 19.2. The summed E-state index contributed by atoms with van der Waals surface area (Å²) in [6, 6.07) is 7.86. The summed E-state index contributed by atoms with van der Waals surface area (Å²) >= 11 is 6.47. The van der Waals surface area contributed by atoms with Gasteiger partial charge in [0.05, 0.1) is 16.1 Å². The predicted octanol–water partition coefficient (Wildman–Crippen LogP) is 5.65. The van der Waals surface area contributed by atoms with Crippen LogP contribution in [0.25, 0.3) is 10.9 Å². The minimum atomic E-state index is -0.0669. The van der Waals surface area contributed by atoms with Crippen LogP contribution >= 0.6 is 11.6 Å². The molecule has 4 nitrogen and oxygen atoms in total. The van der Waals surface area contributed by atoms with Crippen molar-refractivity contribution in [3.8, 4) is 0 Å². The van der Waals surface area contributed by atoms with Crippen molar-refractivity contribution < 1.29 is 4.79 Å². The minimum absolute atomic E-state index is 0.0669. The van der Waals surface area contributed by atoms with Crippen LogP contribution in [0.3, 0.4) is 0 Å². The molecule has 1 heterocycles. The molecule has 0 unspecified atom stereocenters. The van der Waals surface area contributed by atoms with Crippen LogP contribution < -0.4 is 10.6 Å². The normalized spacial score (nSPS) is 30.1. The molecule has 29 heavy (non-hydrogen) atoms. The first-order valence-electron chi connectivity index (χ1n) is 11.0. The molecular weight excluding hydrogens is 382 g/mol. The van der Waals surface area contributed by atoms with E-state index in [4.69, 9.17) is 11.6 Å². The van der Waals surface area contributed by atoms with Gasteiger partial charge in [-0.3, -0.25) is 4.79 Å². The van der Waals surface area contributed by atoms with E-state index in [-0.39, 0.29) is 5.91 Å². The van der Waals surface area contributed by atoms with E-state index >= 15 is 0 Å². The standard InChI is InChI=1S/C24H30ClN3O/c1-14(2)27-21-6-3-18-20(28-21)5-4-19(25)22(18)23(29)26-13-24-10-15-7-16(11-24)9-17(8-15)12-24/h3-6,14-17H,7-13H2,1-2H3,(H,26,29)(H,27,28). The Labute approximate surface area is 177 Å². The van der Waals surface area contributed by atoms with Gasteiger partial charge in [0.2, 0.25) is 0 Å². The lowest BCUT2D eigenvalue weighted by atomic mass is 9.49. The van der Waals surface area contributed by atoms with Crippen LogP contribution in [0.15, 0.2) is 24.3 Å². The number of pyridine rings is 1. The number of nitrogens with zero attached hydrogens (tertiary/aromatic N) is 1. The number of anilines is 1. The van der Waals surface area contributed by atoms with Crippen molar-refractivity contribution in [3.05, 3.63) is 34.9 Å². The topological polar surface area (TPSA) is 54.0 Å². The first-order chi connectivity index (χ1) is 13.9. The van der Waals surface area contributed by atoms with E-state index in [0.717, 1.165) is 41.0 Å². The highest BCUT2D eigenvalue weighted by Gasteiger charge is 2.50. The summed E-state index contributed by atoms with van der Waals surface area (Å²) in [7, 11) is 0. The molecule has 1 amide bonds. The lowest BCUT2D eigenvalue weighted by molar-refractivity contribution is -0.0503. The van der Waals surface area contributed by atoms with Crippen LogP contribution in [-0.4, -0.2) is 23.5 Å². The largest absolute Gasteiger partial charge is 0.368 e. The molecule has 1 aromatic carbocycles. The van der Waals surface area contributed by atoms with Crippen molar-refractivity contribution in [2.24, 2.45) is 23.2 Å². The van der Waals surface area contributed by atoms with Gasteiger partial charge in [-0.1, -0.05) is 11.6 Å². The fourth-order valence-corrected chi connectivity index (χ4v) is 6.90. The van der Waals surface area contributed by atoms with Crippen LogP contribution in [-0.2, 0) is 0 Å². The van der Waals surface area contributed by atoms with Gasteiger partial charge in [-0.25, -0.2) is 4.98 Å². The zero-order chi connectivity index (χ0) is 20.2. The molecular formula is C24H30ClN3O. The molecule has 4 fully saturated rings. The van der Waals surface area contributed by atoms with Crippen molar-refractivity contribution in [1.29, 1.82) is 0 Å². The zero-order valence-electron chi connectivity index (χ0n) is 17.3. The SMILES string of the molecule is CC(C)Nc1ccc2c(C(=O)NCC34CC5CC(CC(C5)C3)C4)c(Cl)ccc2n1. The molecule has 1 aromatic heterocycles. The monoisotopic (exact) mass is 411 g/mol.